The zero-order valence-electron chi connectivity index (χ0n) is 9.35. The molecule has 0 aliphatic heterocycles. The van der Waals surface area contributed by atoms with Gasteiger partial charge >= 0.3 is 0 Å². The van der Waals surface area contributed by atoms with Gasteiger partial charge in [0.05, 0.1) is 6.20 Å². The molecular formula is C11H17N3O2. The molecule has 0 aliphatic rings. The summed E-state index contributed by atoms with van der Waals surface area (Å²) in [6.45, 7) is 1.91. The average molecular weight is 223 g/mol. The molecule has 88 valence electrons. The van der Waals surface area contributed by atoms with E-state index in [2.05, 4.69) is 4.98 Å². The summed E-state index contributed by atoms with van der Waals surface area (Å²) in [5.74, 6) is 0.0321. The van der Waals surface area contributed by atoms with Crippen LogP contribution < -0.4 is 16.2 Å². The van der Waals surface area contributed by atoms with E-state index in [-0.39, 0.29) is 12.6 Å². The maximum atomic E-state index is 10.5. The highest BCUT2D eigenvalue weighted by molar-refractivity contribution is 5.75. The van der Waals surface area contributed by atoms with Crippen molar-refractivity contribution in [2.24, 2.45) is 11.5 Å². The number of nitrogens with two attached hydrogens (primary N) is 2. The Morgan fingerprint density at radius 1 is 1.56 bits per heavy atom. The molecule has 1 amide bonds. The van der Waals surface area contributed by atoms with Gasteiger partial charge in [-0.25, -0.2) is 0 Å². The topological polar surface area (TPSA) is 91.2 Å². The normalized spacial score (nSPS) is 12.1. The van der Waals surface area contributed by atoms with Gasteiger partial charge in [-0.3, -0.25) is 9.78 Å². The van der Waals surface area contributed by atoms with Crippen molar-refractivity contribution in [2.75, 3.05) is 6.61 Å². The molecule has 5 heteroatoms. The number of carbonyl (C=O) groups is 1. The Balaban J connectivity index is 2.50. The number of hydrogen-bond donors (Lipinski definition) is 2. The molecule has 0 radical (unpaired) electrons. The lowest BCUT2D eigenvalue weighted by Gasteiger charge is -2.08. The third-order valence-electron chi connectivity index (χ3n) is 2.17. The first-order valence-corrected chi connectivity index (χ1v) is 5.23. The molecule has 1 heterocycles. The Morgan fingerprint density at radius 3 is 2.81 bits per heavy atom. The van der Waals surface area contributed by atoms with Crippen LogP contribution >= 0.6 is 0 Å². The first-order valence-electron chi connectivity index (χ1n) is 5.23. The van der Waals surface area contributed by atoms with Crippen LogP contribution in [0.3, 0.4) is 0 Å². The predicted molar refractivity (Wildman–Crippen MR) is 60.9 cm³/mol. The molecule has 16 heavy (non-hydrogen) atoms. The summed E-state index contributed by atoms with van der Waals surface area (Å²) in [6.07, 6.45) is 3.23. The molecule has 1 rings (SSSR count). The minimum atomic E-state index is -0.503. The maximum Gasteiger partial charge on any atom is 0.255 e. The Morgan fingerprint density at radius 2 is 2.31 bits per heavy atom. The van der Waals surface area contributed by atoms with Crippen LogP contribution in [0.1, 0.15) is 19.0 Å². The molecule has 0 saturated carbocycles. The maximum absolute atomic E-state index is 10.5. The van der Waals surface area contributed by atoms with Gasteiger partial charge in [0.15, 0.2) is 6.61 Å². The molecule has 4 N–H and O–H groups in total. The number of ether oxygens (including phenoxy) is 1. The number of aromatic nitrogens is 1. The van der Waals surface area contributed by atoms with Crippen LogP contribution in [0.15, 0.2) is 18.3 Å². The van der Waals surface area contributed by atoms with Crippen molar-refractivity contribution >= 4 is 5.91 Å². The van der Waals surface area contributed by atoms with Crippen LogP contribution in [0.5, 0.6) is 5.75 Å². The van der Waals surface area contributed by atoms with E-state index in [1.54, 1.807) is 12.3 Å². The second-order valence-electron chi connectivity index (χ2n) is 3.61. The average Bonchev–Trinajstić information content (AvgIpc) is 2.28. The lowest BCUT2D eigenvalue weighted by molar-refractivity contribution is -0.119. The number of primary amides is 1. The van der Waals surface area contributed by atoms with E-state index < -0.39 is 5.91 Å². The minimum absolute atomic E-state index is 0.129. The standard InChI is InChI=1S/C11H17N3O2/c1-2-8(12)5-9-3-4-10(6-14-9)16-7-11(13)15/h3-4,6,8H,2,5,7,12H2,1H3,(H2,13,15). The second-order valence-corrected chi connectivity index (χ2v) is 3.61. The summed E-state index contributed by atoms with van der Waals surface area (Å²) in [5, 5.41) is 0. The summed E-state index contributed by atoms with van der Waals surface area (Å²) in [6, 6.07) is 3.73. The number of amides is 1. The molecule has 1 aromatic heterocycles. The summed E-state index contributed by atoms with van der Waals surface area (Å²) < 4.78 is 5.09. The molecule has 0 aromatic carbocycles. The van der Waals surface area contributed by atoms with E-state index >= 15 is 0 Å². The molecule has 0 saturated heterocycles. The van der Waals surface area contributed by atoms with E-state index in [9.17, 15) is 4.79 Å². The molecule has 1 atom stereocenters. The van der Waals surface area contributed by atoms with Crippen LogP contribution in [0.25, 0.3) is 0 Å². The van der Waals surface area contributed by atoms with Gasteiger partial charge in [-0.2, -0.15) is 0 Å². The highest BCUT2D eigenvalue weighted by Gasteiger charge is 2.03. The lowest BCUT2D eigenvalue weighted by Crippen LogP contribution is -2.22. The Bertz CT molecular complexity index is 338. The van der Waals surface area contributed by atoms with E-state index in [4.69, 9.17) is 16.2 Å². The highest BCUT2D eigenvalue weighted by Crippen LogP contribution is 2.10. The SMILES string of the molecule is CCC(N)Cc1ccc(OCC(N)=O)cn1. The monoisotopic (exact) mass is 223 g/mol. The zero-order valence-corrected chi connectivity index (χ0v) is 9.35. The van der Waals surface area contributed by atoms with Gasteiger partial charge in [0.25, 0.3) is 5.91 Å². The van der Waals surface area contributed by atoms with Crippen LogP contribution in [-0.4, -0.2) is 23.5 Å². The van der Waals surface area contributed by atoms with Crippen LogP contribution in [0.4, 0.5) is 0 Å². The van der Waals surface area contributed by atoms with Gasteiger partial charge in [0.2, 0.25) is 0 Å². The largest absolute Gasteiger partial charge is 0.482 e. The van der Waals surface area contributed by atoms with Gasteiger partial charge in [0.1, 0.15) is 5.75 Å². The van der Waals surface area contributed by atoms with Crippen LogP contribution in [-0.2, 0) is 11.2 Å². The van der Waals surface area contributed by atoms with Crippen molar-refractivity contribution in [1.82, 2.24) is 4.98 Å². The quantitative estimate of drug-likeness (QED) is 0.722. The van der Waals surface area contributed by atoms with Crippen molar-refractivity contribution in [1.29, 1.82) is 0 Å². The highest BCUT2D eigenvalue weighted by atomic mass is 16.5. The first-order chi connectivity index (χ1) is 7.61. The third kappa shape index (κ3) is 4.27. The molecule has 0 aliphatic carbocycles. The van der Waals surface area contributed by atoms with Gasteiger partial charge in [-0.15, -0.1) is 0 Å². The molecule has 1 unspecified atom stereocenters. The smallest absolute Gasteiger partial charge is 0.255 e. The fourth-order valence-corrected chi connectivity index (χ4v) is 1.18. The van der Waals surface area contributed by atoms with Crippen molar-refractivity contribution in [3.05, 3.63) is 24.0 Å². The molecule has 0 spiro atoms. The predicted octanol–water partition coefficient (Wildman–Crippen LogP) is 0.226. The first kappa shape index (κ1) is 12.4. The van der Waals surface area contributed by atoms with E-state index in [1.807, 2.05) is 13.0 Å². The fourth-order valence-electron chi connectivity index (χ4n) is 1.18. The van der Waals surface area contributed by atoms with Gasteiger partial charge in [-0.1, -0.05) is 6.92 Å². The molecule has 0 bridgehead atoms. The molecule has 5 nitrogen and oxygen atoms in total. The lowest BCUT2D eigenvalue weighted by atomic mass is 10.1. The van der Waals surface area contributed by atoms with E-state index in [0.29, 0.717) is 5.75 Å². The van der Waals surface area contributed by atoms with Crippen LogP contribution in [0, 0.1) is 0 Å². The van der Waals surface area contributed by atoms with Crippen molar-refractivity contribution < 1.29 is 9.53 Å². The summed E-state index contributed by atoms with van der Waals surface area (Å²) in [4.78, 5) is 14.7. The third-order valence-corrected chi connectivity index (χ3v) is 2.17. The number of nitrogens with zero attached hydrogens (tertiary/aromatic N) is 1. The Hall–Kier alpha value is -1.62. The number of rotatable bonds is 6. The fraction of sp³-hybridized carbons (Fsp3) is 0.455. The van der Waals surface area contributed by atoms with Gasteiger partial charge in [0, 0.05) is 18.2 Å². The van der Waals surface area contributed by atoms with Crippen molar-refractivity contribution in [3.8, 4) is 5.75 Å². The summed E-state index contributed by atoms with van der Waals surface area (Å²) >= 11 is 0. The molecule has 1 aromatic rings. The molecular weight excluding hydrogens is 206 g/mol. The van der Waals surface area contributed by atoms with Crippen molar-refractivity contribution in [2.45, 2.75) is 25.8 Å². The van der Waals surface area contributed by atoms with Gasteiger partial charge < -0.3 is 16.2 Å². The number of pyridine rings is 1. The Labute approximate surface area is 94.8 Å². The van der Waals surface area contributed by atoms with E-state index in [0.717, 1.165) is 18.5 Å². The zero-order chi connectivity index (χ0) is 12.0. The summed E-state index contributed by atoms with van der Waals surface area (Å²) in [5.41, 5.74) is 11.7. The van der Waals surface area contributed by atoms with Crippen LogP contribution in [0.2, 0.25) is 0 Å². The van der Waals surface area contributed by atoms with Gasteiger partial charge in [-0.05, 0) is 18.6 Å². The van der Waals surface area contributed by atoms with Crippen molar-refractivity contribution in [3.63, 3.8) is 0 Å². The number of carbonyl (C=O) groups excluding carboxylic acids is 1. The van der Waals surface area contributed by atoms with E-state index in [1.165, 1.54) is 0 Å². The second kappa shape index (κ2) is 6.07. The molecule has 0 fully saturated rings. The summed E-state index contributed by atoms with van der Waals surface area (Å²) in [7, 11) is 0. The Kier molecular flexibility index (Phi) is 4.72. The number of hydrogen-bond acceptors (Lipinski definition) is 4. The minimum Gasteiger partial charge on any atom is -0.482 e.